The quantitative estimate of drug-likeness (QED) is 0.769. The van der Waals surface area contributed by atoms with Crippen molar-refractivity contribution in [2.24, 2.45) is 11.5 Å². The van der Waals surface area contributed by atoms with E-state index >= 15 is 0 Å². The highest BCUT2D eigenvalue weighted by atomic mass is 19.1. The molecule has 2 amide bonds. The lowest BCUT2D eigenvalue weighted by Crippen LogP contribution is -2.21. The molecule has 1 aromatic carbocycles. The first-order valence-electron chi connectivity index (χ1n) is 4.81. The number of amides is 2. The van der Waals surface area contributed by atoms with Crippen LogP contribution in [0.4, 0.5) is 4.39 Å². The van der Waals surface area contributed by atoms with Crippen LogP contribution in [0.15, 0.2) is 24.3 Å². The Morgan fingerprint density at radius 2 is 1.75 bits per heavy atom. The van der Waals surface area contributed by atoms with Gasteiger partial charge in [0.25, 0.3) is 0 Å². The first-order valence-corrected chi connectivity index (χ1v) is 4.81. The van der Waals surface area contributed by atoms with Crippen molar-refractivity contribution in [3.8, 4) is 0 Å². The van der Waals surface area contributed by atoms with Gasteiger partial charge in [-0.15, -0.1) is 0 Å². The number of nitrogens with two attached hydrogens (primary N) is 2. The van der Waals surface area contributed by atoms with E-state index in [1.54, 1.807) is 6.07 Å². The third kappa shape index (κ3) is 3.68. The number of primary amides is 2. The molecule has 0 atom stereocenters. The molecular weight excluding hydrogens is 211 g/mol. The molecule has 0 saturated carbocycles. The van der Waals surface area contributed by atoms with Gasteiger partial charge in [0, 0.05) is 18.8 Å². The molecule has 0 fully saturated rings. The van der Waals surface area contributed by atoms with E-state index in [0.717, 1.165) is 0 Å². The van der Waals surface area contributed by atoms with Gasteiger partial charge in [0.15, 0.2) is 0 Å². The monoisotopic (exact) mass is 224 g/mol. The van der Waals surface area contributed by atoms with E-state index in [1.807, 2.05) is 0 Å². The topological polar surface area (TPSA) is 86.2 Å². The lowest BCUT2D eigenvalue weighted by atomic mass is 9.92. The van der Waals surface area contributed by atoms with Crippen molar-refractivity contribution in [1.82, 2.24) is 0 Å². The maximum Gasteiger partial charge on any atom is 0.218 e. The third-order valence-electron chi connectivity index (χ3n) is 2.22. The summed E-state index contributed by atoms with van der Waals surface area (Å²) in [5, 5.41) is 0. The SMILES string of the molecule is NC(=O)CC(CC(N)=O)c1cccc(F)c1. The van der Waals surface area contributed by atoms with Crippen molar-refractivity contribution < 1.29 is 14.0 Å². The lowest BCUT2D eigenvalue weighted by Gasteiger charge is -2.13. The number of benzene rings is 1. The summed E-state index contributed by atoms with van der Waals surface area (Å²) in [7, 11) is 0. The van der Waals surface area contributed by atoms with Crippen LogP contribution in [0.3, 0.4) is 0 Å². The fourth-order valence-electron chi connectivity index (χ4n) is 1.55. The van der Waals surface area contributed by atoms with E-state index < -0.39 is 23.5 Å². The number of rotatable bonds is 5. The van der Waals surface area contributed by atoms with Gasteiger partial charge in [-0.3, -0.25) is 9.59 Å². The summed E-state index contributed by atoms with van der Waals surface area (Å²) in [6.45, 7) is 0. The van der Waals surface area contributed by atoms with Gasteiger partial charge < -0.3 is 11.5 Å². The summed E-state index contributed by atoms with van der Waals surface area (Å²) >= 11 is 0. The van der Waals surface area contributed by atoms with Gasteiger partial charge in [-0.1, -0.05) is 12.1 Å². The van der Waals surface area contributed by atoms with Crippen molar-refractivity contribution in [3.63, 3.8) is 0 Å². The summed E-state index contributed by atoms with van der Waals surface area (Å²) in [5.41, 5.74) is 10.7. The van der Waals surface area contributed by atoms with Gasteiger partial charge in [-0.2, -0.15) is 0 Å². The standard InChI is InChI=1S/C11H13FN2O2/c12-9-3-1-2-7(4-9)8(5-10(13)15)6-11(14)16/h1-4,8H,5-6H2,(H2,13,15)(H2,14,16). The highest BCUT2D eigenvalue weighted by molar-refractivity contribution is 5.78. The Balaban J connectivity index is 2.90. The molecule has 0 spiro atoms. The zero-order valence-electron chi connectivity index (χ0n) is 8.65. The number of carbonyl (C=O) groups is 2. The Morgan fingerprint density at radius 1 is 1.19 bits per heavy atom. The second-order valence-corrected chi connectivity index (χ2v) is 3.59. The average molecular weight is 224 g/mol. The molecule has 0 aliphatic heterocycles. The summed E-state index contributed by atoms with van der Waals surface area (Å²) in [6.07, 6.45) is -0.0429. The summed E-state index contributed by atoms with van der Waals surface area (Å²) in [4.78, 5) is 21.7. The highest BCUT2D eigenvalue weighted by Crippen LogP contribution is 2.23. The molecule has 1 rings (SSSR count). The van der Waals surface area contributed by atoms with Gasteiger partial charge in [-0.05, 0) is 17.7 Å². The Hall–Kier alpha value is -1.91. The Labute approximate surface area is 92.4 Å². The molecule has 0 aliphatic rings. The fourth-order valence-corrected chi connectivity index (χ4v) is 1.55. The van der Waals surface area contributed by atoms with Crippen LogP contribution >= 0.6 is 0 Å². The normalized spacial score (nSPS) is 10.4. The molecule has 0 radical (unpaired) electrons. The Morgan fingerprint density at radius 3 is 2.19 bits per heavy atom. The van der Waals surface area contributed by atoms with Crippen LogP contribution in [-0.2, 0) is 9.59 Å². The average Bonchev–Trinajstić information content (AvgIpc) is 2.15. The van der Waals surface area contributed by atoms with Gasteiger partial charge in [0.05, 0.1) is 0 Å². The number of carbonyl (C=O) groups excluding carboxylic acids is 2. The molecule has 0 bridgehead atoms. The van der Waals surface area contributed by atoms with Gasteiger partial charge >= 0.3 is 0 Å². The molecular formula is C11H13FN2O2. The van der Waals surface area contributed by atoms with Gasteiger partial charge in [0.2, 0.25) is 11.8 Å². The van der Waals surface area contributed by atoms with Gasteiger partial charge in [-0.25, -0.2) is 4.39 Å². The van der Waals surface area contributed by atoms with Crippen LogP contribution in [0.1, 0.15) is 24.3 Å². The molecule has 4 nitrogen and oxygen atoms in total. The van der Waals surface area contributed by atoms with Crippen molar-refractivity contribution in [2.45, 2.75) is 18.8 Å². The van der Waals surface area contributed by atoms with E-state index in [0.29, 0.717) is 5.56 Å². The first kappa shape index (κ1) is 12.2. The van der Waals surface area contributed by atoms with Crippen LogP contribution in [0.2, 0.25) is 0 Å². The molecule has 0 aromatic heterocycles. The molecule has 5 heteroatoms. The molecule has 0 saturated heterocycles. The predicted octanol–water partition coefficient (Wildman–Crippen LogP) is 0.660. The maximum absolute atomic E-state index is 13.0. The number of hydrogen-bond acceptors (Lipinski definition) is 2. The zero-order valence-corrected chi connectivity index (χ0v) is 8.65. The zero-order chi connectivity index (χ0) is 12.1. The molecule has 0 unspecified atom stereocenters. The van der Waals surface area contributed by atoms with Crippen molar-refractivity contribution in [2.75, 3.05) is 0 Å². The first-order chi connectivity index (χ1) is 7.49. The maximum atomic E-state index is 13.0. The van der Waals surface area contributed by atoms with Crippen LogP contribution in [-0.4, -0.2) is 11.8 Å². The molecule has 1 aromatic rings. The largest absolute Gasteiger partial charge is 0.370 e. The molecule has 86 valence electrons. The summed E-state index contributed by atoms with van der Waals surface area (Å²) in [5.74, 6) is -1.96. The second kappa shape index (κ2) is 5.25. The van der Waals surface area contributed by atoms with E-state index in [4.69, 9.17) is 11.5 Å². The van der Waals surface area contributed by atoms with Crippen LogP contribution < -0.4 is 11.5 Å². The lowest BCUT2D eigenvalue weighted by molar-refractivity contribution is -0.119. The minimum Gasteiger partial charge on any atom is -0.370 e. The number of halogens is 1. The minimum atomic E-state index is -0.546. The second-order valence-electron chi connectivity index (χ2n) is 3.59. The van der Waals surface area contributed by atoms with E-state index in [2.05, 4.69) is 0 Å². The number of hydrogen-bond donors (Lipinski definition) is 2. The van der Waals surface area contributed by atoms with Crippen molar-refractivity contribution >= 4 is 11.8 Å². The Bertz CT molecular complexity index is 391. The molecule has 0 aliphatic carbocycles. The summed E-state index contributed by atoms with van der Waals surface area (Å²) < 4.78 is 13.0. The minimum absolute atomic E-state index is 0.0214. The van der Waals surface area contributed by atoms with E-state index in [-0.39, 0.29) is 12.8 Å². The van der Waals surface area contributed by atoms with Crippen molar-refractivity contribution in [3.05, 3.63) is 35.6 Å². The van der Waals surface area contributed by atoms with Crippen LogP contribution in [0, 0.1) is 5.82 Å². The molecule has 0 heterocycles. The van der Waals surface area contributed by atoms with E-state index in [9.17, 15) is 14.0 Å². The smallest absolute Gasteiger partial charge is 0.218 e. The van der Waals surface area contributed by atoms with Gasteiger partial charge in [0.1, 0.15) is 5.82 Å². The predicted molar refractivity (Wildman–Crippen MR) is 56.8 cm³/mol. The summed E-state index contributed by atoms with van der Waals surface area (Å²) in [6, 6.07) is 5.71. The van der Waals surface area contributed by atoms with Crippen molar-refractivity contribution in [1.29, 1.82) is 0 Å². The highest BCUT2D eigenvalue weighted by Gasteiger charge is 2.17. The fraction of sp³-hybridized carbons (Fsp3) is 0.273. The van der Waals surface area contributed by atoms with E-state index in [1.165, 1.54) is 18.2 Å². The van der Waals surface area contributed by atoms with Crippen LogP contribution in [0.25, 0.3) is 0 Å². The molecule has 4 N–H and O–H groups in total. The Kier molecular flexibility index (Phi) is 3.99. The third-order valence-corrected chi connectivity index (χ3v) is 2.22. The molecule has 16 heavy (non-hydrogen) atoms. The van der Waals surface area contributed by atoms with Crippen LogP contribution in [0.5, 0.6) is 0 Å².